The molecule has 0 spiro atoms. The van der Waals surface area contributed by atoms with Crippen molar-refractivity contribution >= 4 is 17.4 Å². The topological polar surface area (TPSA) is 49.4 Å². The second kappa shape index (κ2) is 6.19. The summed E-state index contributed by atoms with van der Waals surface area (Å²) in [5, 5.41) is 3.41. The summed E-state index contributed by atoms with van der Waals surface area (Å²) >= 11 is 0. The zero-order chi connectivity index (χ0) is 16.4. The third-order valence-corrected chi connectivity index (χ3v) is 4.54. The predicted octanol–water partition coefficient (Wildman–Crippen LogP) is 2.53. The van der Waals surface area contributed by atoms with Gasteiger partial charge < -0.3 is 10.2 Å². The van der Waals surface area contributed by atoms with Gasteiger partial charge in [0.05, 0.1) is 0 Å². The maximum absolute atomic E-state index is 12.4. The third-order valence-electron chi connectivity index (χ3n) is 4.54. The summed E-state index contributed by atoms with van der Waals surface area (Å²) in [5.41, 5.74) is 2.86. The van der Waals surface area contributed by atoms with Gasteiger partial charge in [0.2, 0.25) is 5.78 Å². The first kappa shape index (κ1) is 15.8. The second-order valence-electron chi connectivity index (χ2n) is 7.12. The highest BCUT2D eigenvalue weighted by molar-refractivity contribution is 6.41. The van der Waals surface area contributed by atoms with Gasteiger partial charge in [0.15, 0.2) is 0 Å². The minimum absolute atomic E-state index is 0.130. The molecule has 4 heteroatoms. The number of nitrogens with one attached hydrogen (secondary N) is 1. The summed E-state index contributed by atoms with van der Waals surface area (Å²) in [6.45, 7) is 5.61. The SMILES string of the molecule is CC1(C)Cc2ccccc2C(=CC(=O)C(=O)N2CCCCC2)N1. The van der Waals surface area contributed by atoms with Crippen LogP contribution in [0.4, 0.5) is 0 Å². The molecule has 2 heterocycles. The molecule has 1 amide bonds. The fourth-order valence-corrected chi connectivity index (χ4v) is 3.45. The molecule has 1 N–H and O–H groups in total. The van der Waals surface area contributed by atoms with Crippen LogP contribution >= 0.6 is 0 Å². The first-order valence-corrected chi connectivity index (χ1v) is 8.38. The Kier molecular flexibility index (Phi) is 4.24. The molecule has 23 heavy (non-hydrogen) atoms. The first-order valence-electron chi connectivity index (χ1n) is 8.38. The normalized spacial score (nSPS) is 21.5. The van der Waals surface area contributed by atoms with Crippen molar-refractivity contribution in [1.29, 1.82) is 0 Å². The number of benzene rings is 1. The highest BCUT2D eigenvalue weighted by Crippen LogP contribution is 2.29. The van der Waals surface area contributed by atoms with Gasteiger partial charge in [-0.1, -0.05) is 24.3 Å². The van der Waals surface area contributed by atoms with E-state index in [1.54, 1.807) is 4.90 Å². The van der Waals surface area contributed by atoms with Gasteiger partial charge in [-0.2, -0.15) is 0 Å². The van der Waals surface area contributed by atoms with Crippen molar-refractivity contribution in [2.24, 2.45) is 0 Å². The molecule has 1 fully saturated rings. The van der Waals surface area contributed by atoms with E-state index in [2.05, 4.69) is 25.2 Å². The minimum atomic E-state index is -0.429. The minimum Gasteiger partial charge on any atom is -0.379 e. The van der Waals surface area contributed by atoms with Crippen molar-refractivity contribution in [2.75, 3.05) is 13.1 Å². The molecule has 0 radical (unpaired) electrons. The molecule has 0 aromatic heterocycles. The highest BCUT2D eigenvalue weighted by atomic mass is 16.2. The molecule has 1 aromatic rings. The molecule has 0 unspecified atom stereocenters. The molecule has 1 aromatic carbocycles. The lowest BCUT2D eigenvalue weighted by atomic mass is 9.85. The molecular weight excluding hydrogens is 288 g/mol. The number of amides is 1. The van der Waals surface area contributed by atoms with Gasteiger partial charge in [-0.25, -0.2) is 0 Å². The Morgan fingerprint density at radius 1 is 1.13 bits per heavy atom. The summed E-state index contributed by atoms with van der Waals surface area (Å²) in [6.07, 6.45) is 5.50. The van der Waals surface area contributed by atoms with Gasteiger partial charge in [-0.15, -0.1) is 0 Å². The standard InChI is InChI=1S/C19H24N2O2/c1-19(2)13-14-8-4-5-9-15(14)16(20-19)12-17(22)18(23)21-10-6-3-7-11-21/h4-5,8-9,12,20H,3,6-7,10-11,13H2,1-2H3. The van der Waals surface area contributed by atoms with Gasteiger partial charge in [-0.05, 0) is 45.1 Å². The number of fused-ring (bicyclic) bond motifs is 1. The molecule has 0 saturated carbocycles. The maximum Gasteiger partial charge on any atom is 0.294 e. The van der Waals surface area contributed by atoms with Crippen LogP contribution in [0.3, 0.4) is 0 Å². The number of hydrogen-bond acceptors (Lipinski definition) is 3. The van der Waals surface area contributed by atoms with E-state index >= 15 is 0 Å². The first-order chi connectivity index (χ1) is 11.0. The number of piperidine rings is 1. The van der Waals surface area contributed by atoms with Crippen molar-refractivity contribution in [3.05, 3.63) is 41.5 Å². The molecule has 3 rings (SSSR count). The van der Waals surface area contributed by atoms with Crippen LogP contribution in [0.5, 0.6) is 0 Å². The molecule has 2 aliphatic rings. The zero-order valence-electron chi connectivity index (χ0n) is 13.9. The van der Waals surface area contributed by atoms with Crippen LogP contribution in [0.1, 0.15) is 44.2 Å². The summed E-state index contributed by atoms with van der Waals surface area (Å²) in [5.74, 6) is -0.804. The number of hydrogen-bond donors (Lipinski definition) is 1. The number of rotatable bonds is 2. The lowest BCUT2D eigenvalue weighted by Crippen LogP contribution is -2.44. The Morgan fingerprint density at radius 3 is 2.57 bits per heavy atom. The Hall–Kier alpha value is -2.10. The molecule has 4 nitrogen and oxygen atoms in total. The highest BCUT2D eigenvalue weighted by Gasteiger charge is 2.29. The van der Waals surface area contributed by atoms with E-state index in [1.807, 2.05) is 18.2 Å². The summed E-state index contributed by atoms with van der Waals surface area (Å²) in [6, 6.07) is 8.06. The third kappa shape index (κ3) is 3.46. The van der Waals surface area contributed by atoms with Crippen LogP contribution in [-0.4, -0.2) is 35.2 Å². The molecule has 2 aliphatic heterocycles. The molecule has 122 valence electrons. The van der Waals surface area contributed by atoms with Crippen molar-refractivity contribution in [3.63, 3.8) is 0 Å². The van der Waals surface area contributed by atoms with Gasteiger partial charge in [0.1, 0.15) is 0 Å². The lowest BCUT2D eigenvalue weighted by molar-refractivity contribution is -0.142. The number of likely N-dealkylation sites (tertiary alicyclic amines) is 1. The van der Waals surface area contributed by atoms with E-state index in [9.17, 15) is 9.59 Å². The summed E-state index contributed by atoms with van der Waals surface area (Å²) in [4.78, 5) is 26.5. The molecular formula is C19H24N2O2. The van der Waals surface area contributed by atoms with Crippen LogP contribution in [0.15, 0.2) is 30.3 Å². The molecule has 1 saturated heterocycles. The van der Waals surface area contributed by atoms with Crippen molar-refractivity contribution < 1.29 is 9.59 Å². The Bertz CT molecular complexity index is 655. The van der Waals surface area contributed by atoms with Crippen LogP contribution < -0.4 is 5.32 Å². The maximum atomic E-state index is 12.4. The summed E-state index contributed by atoms with van der Waals surface area (Å²) in [7, 11) is 0. The van der Waals surface area contributed by atoms with Crippen molar-refractivity contribution in [2.45, 2.75) is 45.1 Å². The van der Waals surface area contributed by atoms with Crippen LogP contribution in [0.25, 0.3) is 5.70 Å². The molecule has 0 aliphatic carbocycles. The quantitative estimate of drug-likeness (QED) is 0.674. The van der Waals surface area contributed by atoms with Gasteiger partial charge in [-0.3, -0.25) is 9.59 Å². The van der Waals surface area contributed by atoms with Crippen LogP contribution in [-0.2, 0) is 16.0 Å². The number of ketones is 1. The Labute approximate surface area is 137 Å². The number of carbonyl (C=O) groups is 2. The van der Waals surface area contributed by atoms with Gasteiger partial charge in [0.25, 0.3) is 5.91 Å². The monoisotopic (exact) mass is 312 g/mol. The van der Waals surface area contributed by atoms with Crippen molar-refractivity contribution in [1.82, 2.24) is 10.2 Å². The summed E-state index contributed by atoms with van der Waals surface area (Å²) < 4.78 is 0. The fourth-order valence-electron chi connectivity index (χ4n) is 3.45. The largest absolute Gasteiger partial charge is 0.379 e. The second-order valence-corrected chi connectivity index (χ2v) is 7.12. The lowest BCUT2D eigenvalue weighted by Gasteiger charge is -2.35. The Balaban J connectivity index is 1.86. The average molecular weight is 312 g/mol. The zero-order valence-corrected chi connectivity index (χ0v) is 13.9. The fraction of sp³-hybridized carbons (Fsp3) is 0.474. The van der Waals surface area contributed by atoms with E-state index in [0.29, 0.717) is 13.1 Å². The van der Waals surface area contributed by atoms with Gasteiger partial charge in [0, 0.05) is 36.0 Å². The van der Waals surface area contributed by atoms with E-state index in [4.69, 9.17) is 0 Å². The van der Waals surface area contributed by atoms with Crippen LogP contribution in [0, 0.1) is 0 Å². The molecule has 0 atom stereocenters. The number of carbonyl (C=O) groups excluding carboxylic acids is 2. The number of nitrogens with zero attached hydrogens (tertiary/aromatic N) is 1. The average Bonchev–Trinajstić information content (AvgIpc) is 2.54. The van der Waals surface area contributed by atoms with E-state index in [1.165, 1.54) is 11.6 Å². The predicted molar refractivity (Wildman–Crippen MR) is 90.8 cm³/mol. The van der Waals surface area contributed by atoms with Crippen LogP contribution in [0.2, 0.25) is 0 Å². The molecule has 0 bridgehead atoms. The van der Waals surface area contributed by atoms with E-state index < -0.39 is 5.78 Å². The Morgan fingerprint density at radius 2 is 1.83 bits per heavy atom. The smallest absolute Gasteiger partial charge is 0.294 e. The van der Waals surface area contributed by atoms with Gasteiger partial charge >= 0.3 is 0 Å². The van der Waals surface area contributed by atoms with E-state index in [-0.39, 0.29) is 11.4 Å². The van der Waals surface area contributed by atoms with Crippen molar-refractivity contribution in [3.8, 4) is 0 Å². The van der Waals surface area contributed by atoms with E-state index in [0.717, 1.165) is 36.9 Å².